The zero-order valence-electron chi connectivity index (χ0n) is 24.9. The molecule has 1 amide bonds. The monoisotopic (exact) mass is 601 g/mol. The molecule has 232 valence electrons. The van der Waals surface area contributed by atoms with Gasteiger partial charge >= 0.3 is 17.9 Å². The third-order valence-electron chi connectivity index (χ3n) is 5.76. The van der Waals surface area contributed by atoms with Crippen LogP contribution in [0, 0.1) is 20.2 Å². The highest BCUT2D eigenvalue weighted by Gasteiger charge is 2.29. The average molecular weight is 602 g/mol. The summed E-state index contributed by atoms with van der Waals surface area (Å²) in [4.78, 5) is 69.6. The smallest absolute Gasteiger partial charge is 0.345 e. The number of carbonyl (C=O) groups is 4. The minimum atomic E-state index is -1.31. The van der Waals surface area contributed by atoms with Crippen molar-refractivity contribution in [3.8, 4) is 0 Å². The predicted octanol–water partition coefficient (Wildman–Crippen LogP) is 5.42. The molecule has 1 saturated heterocycles. The van der Waals surface area contributed by atoms with Gasteiger partial charge in [-0.1, -0.05) is 0 Å². The van der Waals surface area contributed by atoms with Crippen LogP contribution >= 0.6 is 0 Å². The summed E-state index contributed by atoms with van der Waals surface area (Å²) in [6.45, 7) is 11.2. The zero-order valence-corrected chi connectivity index (χ0v) is 24.9. The number of nitro groups is 2. The standard InChI is InChI=1S/C17H22N2O5.C12H13NO6/c1-17(2,3)24-16(21)13-8-7-12(11-14(13)19(22)23)15(20)18-9-5-4-6-10-18;1-12(2,3)19-11(16)8-5-4-7(10(14)15)6-9(8)13(17)18/h7-8,11H,4-6,9-10H2,1-3H3;4-6H,1-3H3,(H,14,15). The molecule has 0 aromatic heterocycles. The molecule has 1 N–H and O–H groups in total. The van der Waals surface area contributed by atoms with Gasteiger partial charge in [0.05, 0.1) is 15.4 Å². The van der Waals surface area contributed by atoms with E-state index < -0.39 is 50.3 Å². The van der Waals surface area contributed by atoms with Crippen LogP contribution in [0.4, 0.5) is 11.4 Å². The quantitative estimate of drug-likeness (QED) is 0.252. The summed E-state index contributed by atoms with van der Waals surface area (Å²) >= 11 is 0. The molecule has 1 aliphatic heterocycles. The highest BCUT2D eigenvalue weighted by molar-refractivity contribution is 5.99. The maximum absolute atomic E-state index is 12.5. The lowest BCUT2D eigenvalue weighted by molar-refractivity contribution is -0.385. The topological polar surface area (TPSA) is 196 Å². The number of amides is 1. The fraction of sp³-hybridized carbons (Fsp3) is 0.448. The van der Waals surface area contributed by atoms with Crippen molar-refractivity contribution in [1.82, 2.24) is 4.90 Å². The molecule has 14 nitrogen and oxygen atoms in total. The lowest BCUT2D eigenvalue weighted by Gasteiger charge is -2.26. The van der Waals surface area contributed by atoms with E-state index in [0.29, 0.717) is 13.1 Å². The molecule has 0 aliphatic carbocycles. The van der Waals surface area contributed by atoms with Gasteiger partial charge in [0.25, 0.3) is 17.3 Å². The van der Waals surface area contributed by atoms with Gasteiger partial charge < -0.3 is 19.5 Å². The Morgan fingerprint density at radius 2 is 1.12 bits per heavy atom. The first kappa shape index (κ1) is 34.3. The Kier molecular flexibility index (Phi) is 11.1. The summed E-state index contributed by atoms with van der Waals surface area (Å²) < 4.78 is 10.2. The Hall–Kier alpha value is -4.88. The van der Waals surface area contributed by atoms with Crippen molar-refractivity contribution in [1.29, 1.82) is 0 Å². The molecule has 1 heterocycles. The zero-order chi connectivity index (χ0) is 32.7. The van der Waals surface area contributed by atoms with E-state index in [4.69, 9.17) is 14.6 Å². The van der Waals surface area contributed by atoms with Gasteiger partial charge in [0.15, 0.2) is 0 Å². The number of esters is 2. The number of hydrogen-bond acceptors (Lipinski definition) is 10. The molecule has 0 bridgehead atoms. The van der Waals surface area contributed by atoms with E-state index in [0.717, 1.165) is 43.5 Å². The SMILES string of the molecule is CC(C)(C)OC(=O)c1ccc(C(=O)N2CCCCC2)cc1[N+](=O)[O-].CC(C)(C)OC(=O)c1ccc(C(=O)O)cc1[N+](=O)[O-]. The van der Waals surface area contributed by atoms with Crippen molar-refractivity contribution in [3.05, 3.63) is 78.9 Å². The summed E-state index contributed by atoms with van der Waals surface area (Å²) in [6, 6.07) is 6.94. The van der Waals surface area contributed by atoms with Gasteiger partial charge in [-0.15, -0.1) is 0 Å². The molecule has 1 aliphatic rings. The van der Waals surface area contributed by atoms with Gasteiger partial charge in [-0.2, -0.15) is 0 Å². The second-order valence-corrected chi connectivity index (χ2v) is 11.6. The number of carbonyl (C=O) groups excluding carboxylic acids is 3. The van der Waals surface area contributed by atoms with E-state index in [1.54, 1.807) is 46.4 Å². The molecule has 0 unspecified atom stereocenters. The average Bonchev–Trinajstić information content (AvgIpc) is 2.90. The van der Waals surface area contributed by atoms with E-state index in [1.807, 2.05) is 0 Å². The van der Waals surface area contributed by atoms with E-state index >= 15 is 0 Å². The lowest BCUT2D eigenvalue weighted by Crippen LogP contribution is -2.35. The van der Waals surface area contributed by atoms with Crippen molar-refractivity contribution < 1.29 is 43.6 Å². The van der Waals surface area contributed by atoms with Crippen LogP contribution in [0.25, 0.3) is 0 Å². The Labute approximate surface area is 247 Å². The molecule has 14 heteroatoms. The van der Waals surface area contributed by atoms with Crippen molar-refractivity contribution in [2.75, 3.05) is 13.1 Å². The molecule has 0 radical (unpaired) electrons. The van der Waals surface area contributed by atoms with Crippen molar-refractivity contribution in [2.24, 2.45) is 0 Å². The van der Waals surface area contributed by atoms with E-state index in [-0.39, 0.29) is 28.2 Å². The van der Waals surface area contributed by atoms with Crippen molar-refractivity contribution in [2.45, 2.75) is 72.0 Å². The first-order valence-electron chi connectivity index (χ1n) is 13.4. The van der Waals surface area contributed by atoms with Crippen LogP contribution in [0.15, 0.2) is 36.4 Å². The van der Waals surface area contributed by atoms with Gasteiger partial charge in [0, 0.05) is 30.8 Å². The first-order valence-corrected chi connectivity index (χ1v) is 13.4. The Morgan fingerprint density at radius 1 is 0.721 bits per heavy atom. The summed E-state index contributed by atoms with van der Waals surface area (Å²) in [5.74, 6) is -3.19. The normalized spacial score (nSPS) is 13.2. The molecule has 2 aromatic carbocycles. The molecular formula is C29H35N3O11. The van der Waals surface area contributed by atoms with Crippen LogP contribution < -0.4 is 0 Å². The van der Waals surface area contributed by atoms with Crippen molar-refractivity contribution >= 4 is 35.2 Å². The van der Waals surface area contributed by atoms with Gasteiger partial charge in [-0.3, -0.25) is 25.0 Å². The molecule has 2 aromatic rings. The number of aromatic carboxylic acids is 1. The number of carboxylic acids is 1. The van der Waals surface area contributed by atoms with E-state index in [2.05, 4.69) is 0 Å². The third kappa shape index (κ3) is 10.2. The number of piperidine rings is 1. The van der Waals surface area contributed by atoms with E-state index in [1.165, 1.54) is 12.1 Å². The Balaban J connectivity index is 0.000000309. The van der Waals surface area contributed by atoms with Crippen LogP contribution in [-0.4, -0.2) is 68.0 Å². The molecule has 43 heavy (non-hydrogen) atoms. The fourth-order valence-electron chi connectivity index (χ4n) is 3.92. The molecule has 1 fully saturated rings. The molecule has 3 rings (SSSR count). The predicted molar refractivity (Wildman–Crippen MR) is 153 cm³/mol. The van der Waals surface area contributed by atoms with Crippen LogP contribution in [0.2, 0.25) is 0 Å². The van der Waals surface area contributed by atoms with Gasteiger partial charge in [0.1, 0.15) is 22.3 Å². The lowest BCUT2D eigenvalue weighted by atomic mass is 10.1. The van der Waals surface area contributed by atoms with Crippen LogP contribution in [0.3, 0.4) is 0 Å². The largest absolute Gasteiger partial charge is 0.478 e. The maximum atomic E-state index is 12.5. The minimum Gasteiger partial charge on any atom is -0.478 e. The summed E-state index contributed by atoms with van der Waals surface area (Å²) in [6.07, 6.45) is 2.95. The number of benzene rings is 2. The number of nitrogens with zero attached hydrogens (tertiary/aromatic N) is 3. The molecule has 0 saturated carbocycles. The summed E-state index contributed by atoms with van der Waals surface area (Å²) in [7, 11) is 0. The number of nitro benzene ring substituents is 2. The summed E-state index contributed by atoms with van der Waals surface area (Å²) in [5, 5.41) is 31.0. The molecule has 0 atom stereocenters. The number of ether oxygens (including phenoxy) is 2. The molecular weight excluding hydrogens is 566 g/mol. The van der Waals surface area contributed by atoms with Crippen LogP contribution in [-0.2, 0) is 9.47 Å². The maximum Gasteiger partial charge on any atom is 0.345 e. The number of carboxylic acid groups (broad SMARTS) is 1. The van der Waals surface area contributed by atoms with Gasteiger partial charge in [-0.05, 0) is 85.1 Å². The number of hydrogen-bond donors (Lipinski definition) is 1. The van der Waals surface area contributed by atoms with Crippen LogP contribution in [0.1, 0.15) is 102 Å². The molecule has 0 spiro atoms. The Morgan fingerprint density at radius 3 is 1.49 bits per heavy atom. The number of likely N-dealkylation sites (tertiary alicyclic amines) is 1. The van der Waals surface area contributed by atoms with Gasteiger partial charge in [0.2, 0.25) is 0 Å². The highest BCUT2D eigenvalue weighted by Crippen LogP contribution is 2.26. The van der Waals surface area contributed by atoms with Crippen LogP contribution in [0.5, 0.6) is 0 Å². The fourth-order valence-corrected chi connectivity index (χ4v) is 3.92. The van der Waals surface area contributed by atoms with Gasteiger partial charge in [-0.25, -0.2) is 14.4 Å². The Bertz CT molecular complexity index is 1420. The summed E-state index contributed by atoms with van der Waals surface area (Å²) in [5.41, 5.74) is -3.02. The minimum absolute atomic E-state index is 0.148. The second kappa shape index (κ2) is 13.9. The van der Waals surface area contributed by atoms with Crippen molar-refractivity contribution in [3.63, 3.8) is 0 Å². The first-order chi connectivity index (χ1) is 19.8. The highest BCUT2D eigenvalue weighted by atomic mass is 16.6. The van der Waals surface area contributed by atoms with E-state index in [9.17, 15) is 39.4 Å². The second-order valence-electron chi connectivity index (χ2n) is 11.6. The third-order valence-corrected chi connectivity index (χ3v) is 5.76. The number of rotatable bonds is 6.